The van der Waals surface area contributed by atoms with Gasteiger partial charge in [0.15, 0.2) is 0 Å². The van der Waals surface area contributed by atoms with Crippen LogP contribution in [-0.4, -0.2) is 33.8 Å². The zero-order chi connectivity index (χ0) is 23.3. The van der Waals surface area contributed by atoms with Crippen molar-refractivity contribution in [3.63, 3.8) is 0 Å². The van der Waals surface area contributed by atoms with Crippen LogP contribution in [0.5, 0.6) is 0 Å². The lowest BCUT2D eigenvalue weighted by molar-refractivity contribution is -0.137. The van der Waals surface area contributed by atoms with Gasteiger partial charge < -0.3 is 10.6 Å². The summed E-state index contributed by atoms with van der Waals surface area (Å²) in [5.41, 5.74) is 0.682. The number of alkyl halides is 3. The quantitative estimate of drug-likeness (QED) is 0.371. The van der Waals surface area contributed by atoms with Crippen molar-refractivity contribution in [2.75, 3.05) is 18.4 Å². The fourth-order valence-electron chi connectivity index (χ4n) is 2.94. The minimum absolute atomic E-state index is 0.177. The van der Waals surface area contributed by atoms with Crippen molar-refractivity contribution in [1.82, 2.24) is 20.1 Å². The van der Waals surface area contributed by atoms with Gasteiger partial charge in [-0.05, 0) is 43.2 Å². The van der Waals surface area contributed by atoms with Gasteiger partial charge in [0.1, 0.15) is 16.8 Å². The number of hydrogen-bond donors (Lipinski definition) is 2. The molecule has 0 spiro atoms. The van der Waals surface area contributed by atoms with Crippen LogP contribution in [0.15, 0.2) is 42.6 Å². The molecule has 0 saturated heterocycles. The number of halogens is 5. The van der Waals surface area contributed by atoms with Crippen LogP contribution in [-0.2, 0) is 12.7 Å². The van der Waals surface area contributed by atoms with Crippen LogP contribution in [0.1, 0.15) is 33.6 Å². The molecule has 11 heteroatoms. The molecule has 2 heterocycles. The summed E-state index contributed by atoms with van der Waals surface area (Å²) in [6.45, 7) is 2.66. The molecule has 0 aliphatic carbocycles. The average Bonchev–Trinajstić information content (AvgIpc) is 3.02. The first-order valence-corrected chi connectivity index (χ1v) is 10.1. The standard InChI is InChI=1S/C21H20ClF4N5O/c1-13-18(19(22)31(30-13)12-14-3-6-16(23)7-4-14)20(32)28-10-2-9-27-17-8-5-15(11-29-17)21(24,25)26/h3-8,11H,2,9-10,12H2,1H3,(H,27,29)(H,28,32). The molecule has 6 nitrogen and oxygen atoms in total. The van der Waals surface area contributed by atoms with E-state index in [1.54, 1.807) is 19.1 Å². The number of hydrogen-bond acceptors (Lipinski definition) is 4. The number of carbonyl (C=O) groups excluding carboxylic acids is 1. The van der Waals surface area contributed by atoms with Gasteiger partial charge in [0.25, 0.3) is 5.91 Å². The largest absolute Gasteiger partial charge is 0.417 e. The number of carbonyl (C=O) groups is 1. The van der Waals surface area contributed by atoms with Crippen LogP contribution >= 0.6 is 11.6 Å². The molecule has 0 unspecified atom stereocenters. The van der Waals surface area contributed by atoms with E-state index in [9.17, 15) is 22.4 Å². The highest BCUT2D eigenvalue weighted by Gasteiger charge is 2.30. The Balaban J connectivity index is 1.48. The van der Waals surface area contributed by atoms with Crippen molar-refractivity contribution in [1.29, 1.82) is 0 Å². The van der Waals surface area contributed by atoms with Crippen molar-refractivity contribution in [3.05, 3.63) is 75.9 Å². The van der Waals surface area contributed by atoms with Gasteiger partial charge in [-0.2, -0.15) is 18.3 Å². The third-order valence-electron chi connectivity index (χ3n) is 4.57. The van der Waals surface area contributed by atoms with Crippen molar-refractivity contribution in [2.45, 2.75) is 26.1 Å². The van der Waals surface area contributed by atoms with E-state index in [1.807, 2.05) is 0 Å². The first-order valence-electron chi connectivity index (χ1n) is 9.68. The minimum atomic E-state index is -4.43. The summed E-state index contributed by atoms with van der Waals surface area (Å²) in [5.74, 6) is -0.420. The van der Waals surface area contributed by atoms with Gasteiger partial charge in [-0.15, -0.1) is 0 Å². The topological polar surface area (TPSA) is 71.8 Å². The molecular formula is C21H20ClF4N5O. The summed E-state index contributed by atoms with van der Waals surface area (Å²) in [5, 5.41) is 10.1. The Morgan fingerprint density at radius 1 is 1.12 bits per heavy atom. The lowest BCUT2D eigenvalue weighted by atomic mass is 10.2. The fourth-order valence-corrected chi connectivity index (χ4v) is 3.26. The zero-order valence-electron chi connectivity index (χ0n) is 17.0. The van der Waals surface area contributed by atoms with Gasteiger partial charge in [0.05, 0.1) is 23.4 Å². The highest BCUT2D eigenvalue weighted by molar-refractivity contribution is 6.33. The number of pyridine rings is 1. The molecule has 170 valence electrons. The number of anilines is 1. The number of rotatable bonds is 8. The van der Waals surface area contributed by atoms with E-state index in [1.165, 1.54) is 22.9 Å². The smallest absolute Gasteiger partial charge is 0.370 e. The van der Waals surface area contributed by atoms with Crippen molar-refractivity contribution < 1.29 is 22.4 Å². The van der Waals surface area contributed by atoms with Gasteiger partial charge in [0, 0.05) is 19.3 Å². The third kappa shape index (κ3) is 5.97. The fraction of sp³-hybridized carbons (Fsp3) is 0.286. The monoisotopic (exact) mass is 469 g/mol. The average molecular weight is 470 g/mol. The molecule has 1 amide bonds. The number of benzene rings is 1. The van der Waals surface area contributed by atoms with Gasteiger partial charge in [-0.25, -0.2) is 14.1 Å². The Hall–Kier alpha value is -3.14. The molecule has 3 rings (SSSR count). The molecule has 0 bridgehead atoms. The normalized spacial score (nSPS) is 11.4. The molecule has 0 aliphatic heterocycles. The summed E-state index contributed by atoms with van der Waals surface area (Å²) < 4.78 is 52.1. The van der Waals surface area contributed by atoms with Crippen LogP contribution in [0.4, 0.5) is 23.4 Å². The summed E-state index contributed by atoms with van der Waals surface area (Å²) in [7, 11) is 0. The van der Waals surface area contributed by atoms with E-state index in [4.69, 9.17) is 11.6 Å². The number of nitrogens with zero attached hydrogens (tertiary/aromatic N) is 3. The number of nitrogens with one attached hydrogen (secondary N) is 2. The highest BCUT2D eigenvalue weighted by atomic mass is 35.5. The predicted octanol–water partition coefficient (Wildman–Crippen LogP) is 4.68. The van der Waals surface area contributed by atoms with Gasteiger partial charge >= 0.3 is 6.18 Å². The molecule has 0 fully saturated rings. The number of aromatic nitrogens is 3. The third-order valence-corrected chi connectivity index (χ3v) is 4.96. The van der Waals surface area contributed by atoms with Crippen molar-refractivity contribution in [2.24, 2.45) is 0 Å². The second-order valence-corrected chi connectivity index (χ2v) is 7.36. The molecule has 32 heavy (non-hydrogen) atoms. The molecule has 2 N–H and O–H groups in total. The van der Waals surface area contributed by atoms with E-state index in [-0.39, 0.29) is 29.0 Å². The Labute approximate surface area is 186 Å². The van der Waals surface area contributed by atoms with E-state index in [2.05, 4.69) is 20.7 Å². The number of amides is 1. The maximum Gasteiger partial charge on any atom is 0.417 e. The molecule has 1 aromatic carbocycles. The summed E-state index contributed by atoms with van der Waals surface area (Å²) >= 11 is 6.34. The highest BCUT2D eigenvalue weighted by Crippen LogP contribution is 2.28. The maximum atomic E-state index is 13.1. The summed E-state index contributed by atoms with van der Waals surface area (Å²) in [6.07, 6.45) is -3.16. The molecule has 0 atom stereocenters. The van der Waals surface area contributed by atoms with Crippen LogP contribution in [0, 0.1) is 12.7 Å². The summed E-state index contributed by atoms with van der Waals surface area (Å²) in [4.78, 5) is 16.2. The molecule has 0 aliphatic rings. The Morgan fingerprint density at radius 3 is 2.47 bits per heavy atom. The van der Waals surface area contributed by atoms with Gasteiger partial charge in [-0.1, -0.05) is 23.7 Å². The van der Waals surface area contributed by atoms with E-state index in [0.717, 1.165) is 17.8 Å². The van der Waals surface area contributed by atoms with Gasteiger partial charge in [-0.3, -0.25) is 4.79 Å². The van der Waals surface area contributed by atoms with Crippen LogP contribution in [0.2, 0.25) is 5.15 Å². The minimum Gasteiger partial charge on any atom is -0.370 e. The Bertz CT molecular complexity index is 1070. The van der Waals surface area contributed by atoms with Gasteiger partial charge in [0.2, 0.25) is 0 Å². The first-order chi connectivity index (χ1) is 15.1. The molecule has 0 radical (unpaired) electrons. The molecule has 0 saturated carbocycles. The predicted molar refractivity (Wildman–Crippen MR) is 112 cm³/mol. The first kappa shape index (κ1) is 23.5. The Kier molecular flexibility index (Phi) is 7.34. The number of aryl methyl sites for hydroxylation is 1. The Morgan fingerprint density at radius 2 is 1.84 bits per heavy atom. The zero-order valence-corrected chi connectivity index (χ0v) is 17.8. The maximum absolute atomic E-state index is 13.1. The van der Waals surface area contributed by atoms with Crippen LogP contribution in [0.25, 0.3) is 0 Å². The van der Waals surface area contributed by atoms with Crippen LogP contribution < -0.4 is 10.6 Å². The molecule has 2 aromatic heterocycles. The van der Waals surface area contributed by atoms with E-state index < -0.39 is 11.7 Å². The van der Waals surface area contributed by atoms with E-state index >= 15 is 0 Å². The van der Waals surface area contributed by atoms with Crippen molar-refractivity contribution >= 4 is 23.3 Å². The summed E-state index contributed by atoms with van der Waals surface area (Å²) in [6, 6.07) is 8.09. The van der Waals surface area contributed by atoms with Crippen molar-refractivity contribution in [3.8, 4) is 0 Å². The lowest BCUT2D eigenvalue weighted by Gasteiger charge is -2.09. The van der Waals surface area contributed by atoms with Crippen LogP contribution in [0.3, 0.4) is 0 Å². The second kappa shape index (κ2) is 9.99. The lowest BCUT2D eigenvalue weighted by Crippen LogP contribution is -2.26. The van der Waals surface area contributed by atoms with E-state index in [0.29, 0.717) is 31.0 Å². The SMILES string of the molecule is Cc1nn(Cc2ccc(F)cc2)c(Cl)c1C(=O)NCCCNc1ccc(C(F)(F)F)cn1. The second-order valence-electron chi connectivity index (χ2n) is 7.00. The molecular weight excluding hydrogens is 450 g/mol. The molecule has 3 aromatic rings.